The summed E-state index contributed by atoms with van der Waals surface area (Å²) in [5, 5.41) is 0. The Bertz CT molecular complexity index is 464. The van der Waals surface area contributed by atoms with Crippen LogP contribution in [0.1, 0.15) is 39.9 Å². The van der Waals surface area contributed by atoms with E-state index >= 15 is 0 Å². The first-order chi connectivity index (χ1) is 9.02. The fourth-order valence-corrected chi connectivity index (χ4v) is 3.12. The number of hydrogen-bond acceptors (Lipinski definition) is 2. The van der Waals surface area contributed by atoms with Crippen LogP contribution in [-0.4, -0.2) is 30.4 Å². The van der Waals surface area contributed by atoms with E-state index in [2.05, 4.69) is 19.1 Å². The second-order valence-corrected chi connectivity index (χ2v) is 5.77. The summed E-state index contributed by atoms with van der Waals surface area (Å²) < 4.78 is 0. The van der Waals surface area contributed by atoms with Gasteiger partial charge in [0.1, 0.15) is 0 Å². The van der Waals surface area contributed by atoms with Gasteiger partial charge in [0.2, 0.25) is 0 Å². The molecule has 0 radical (unpaired) electrons. The van der Waals surface area contributed by atoms with Crippen LogP contribution in [-0.2, 0) is 0 Å². The fourth-order valence-electron chi connectivity index (χ4n) is 3.12. The molecule has 1 aromatic carbocycles. The number of piperidine rings is 1. The minimum atomic E-state index is 0. The summed E-state index contributed by atoms with van der Waals surface area (Å²) in [6.07, 6.45) is 2.21. The average Bonchev–Trinajstić information content (AvgIpc) is 2.37. The van der Waals surface area contributed by atoms with E-state index in [-0.39, 0.29) is 18.3 Å². The number of carbonyl (C=O) groups excluding carboxylic acids is 1. The van der Waals surface area contributed by atoms with Gasteiger partial charge < -0.3 is 10.6 Å². The number of aryl methyl sites for hydroxylation is 3. The highest BCUT2D eigenvalue weighted by Crippen LogP contribution is 2.22. The van der Waals surface area contributed by atoms with E-state index in [0.717, 1.165) is 42.6 Å². The Kier molecular flexibility index (Phi) is 6.03. The molecule has 1 saturated heterocycles. The third kappa shape index (κ3) is 3.53. The number of carbonyl (C=O) groups is 1. The van der Waals surface area contributed by atoms with Gasteiger partial charge in [-0.15, -0.1) is 12.4 Å². The Morgan fingerprint density at radius 1 is 1.30 bits per heavy atom. The molecule has 1 aliphatic heterocycles. The zero-order chi connectivity index (χ0) is 14.0. The molecule has 1 unspecified atom stereocenters. The van der Waals surface area contributed by atoms with E-state index < -0.39 is 0 Å². The molecule has 1 aliphatic rings. The second kappa shape index (κ2) is 7.09. The molecule has 2 N–H and O–H groups in total. The van der Waals surface area contributed by atoms with Gasteiger partial charge in [-0.25, -0.2) is 0 Å². The average molecular weight is 297 g/mol. The number of halogens is 1. The Labute approximate surface area is 127 Å². The lowest BCUT2D eigenvalue weighted by atomic mass is 9.95. The van der Waals surface area contributed by atoms with Gasteiger partial charge in [0.15, 0.2) is 0 Å². The summed E-state index contributed by atoms with van der Waals surface area (Å²) in [7, 11) is 0. The number of amides is 1. The van der Waals surface area contributed by atoms with Crippen molar-refractivity contribution in [1.82, 2.24) is 4.90 Å². The van der Waals surface area contributed by atoms with Crippen LogP contribution in [0.3, 0.4) is 0 Å². The lowest BCUT2D eigenvalue weighted by Gasteiger charge is -2.33. The standard InChI is InChI=1S/C16H24N2O.ClH/c1-11-7-12(2)15(13(3)8-11)16(19)18-6-4-5-14(9-17)10-18;/h7-8,14H,4-6,9-10,17H2,1-3H3;1H. The minimum Gasteiger partial charge on any atom is -0.338 e. The first-order valence-corrected chi connectivity index (χ1v) is 7.10. The number of rotatable bonds is 2. The molecule has 1 atom stereocenters. The maximum Gasteiger partial charge on any atom is 0.254 e. The predicted octanol–water partition coefficient (Wildman–Crippen LogP) is 2.84. The zero-order valence-corrected chi connectivity index (χ0v) is 13.4. The molecule has 0 bridgehead atoms. The van der Waals surface area contributed by atoms with Crippen LogP contribution in [0.2, 0.25) is 0 Å². The van der Waals surface area contributed by atoms with Gasteiger partial charge in [0.25, 0.3) is 5.91 Å². The molecule has 3 nitrogen and oxygen atoms in total. The number of nitrogens with zero attached hydrogens (tertiary/aromatic N) is 1. The normalized spacial score (nSPS) is 18.6. The van der Waals surface area contributed by atoms with Gasteiger partial charge in [-0.2, -0.15) is 0 Å². The number of likely N-dealkylation sites (tertiary alicyclic amines) is 1. The van der Waals surface area contributed by atoms with Crippen molar-refractivity contribution in [2.45, 2.75) is 33.6 Å². The molecule has 0 saturated carbocycles. The second-order valence-electron chi connectivity index (χ2n) is 5.77. The van der Waals surface area contributed by atoms with Crippen molar-refractivity contribution >= 4 is 18.3 Å². The van der Waals surface area contributed by atoms with Crippen LogP contribution >= 0.6 is 12.4 Å². The number of benzene rings is 1. The predicted molar refractivity (Wildman–Crippen MR) is 85.6 cm³/mol. The molecular weight excluding hydrogens is 272 g/mol. The van der Waals surface area contributed by atoms with E-state index in [4.69, 9.17) is 5.73 Å². The van der Waals surface area contributed by atoms with Gasteiger partial charge in [-0.05, 0) is 57.2 Å². The van der Waals surface area contributed by atoms with Crippen LogP contribution < -0.4 is 5.73 Å². The fraction of sp³-hybridized carbons (Fsp3) is 0.562. The lowest BCUT2D eigenvalue weighted by Crippen LogP contribution is -2.42. The van der Waals surface area contributed by atoms with E-state index in [1.165, 1.54) is 5.56 Å². The first-order valence-electron chi connectivity index (χ1n) is 7.10. The van der Waals surface area contributed by atoms with E-state index in [1.54, 1.807) is 0 Å². The first kappa shape index (κ1) is 17.0. The molecular formula is C16H25ClN2O. The van der Waals surface area contributed by atoms with E-state index in [9.17, 15) is 4.79 Å². The summed E-state index contributed by atoms with van der Waals surface area (Å²) in [5.41, 5.74) is 10.00. The van der Waals surface area contributed by atoms with E-state index in [0.29, 0.717) is 12.5 Å². The monoisotopic (exact) mass is 296 g/mol. The Morgan fingerprint density at radius 3 is 2.45 bits per heavy atom. The molecule has 20 heavy (non-hydrogen) atoms. The Hall–Kier alpha value is -1.06. The van der Waals surface area contributed by atoms with E-state index in [1.807, 2.05) is 18.7 Å². The third-order valence-electron chi connectivity index (χ3n) is 4.03. The van der Waals surface area contributed by atoms with Crippen molar-refractivity contribution in [1.29, 1.82) is 0 Å². The summed E-state index contributed by atoms with van der Waals surface area (Å²) in [4.78, 5) is 14.7. The van der Waals surface area contributed by atoms with Crippen molar-refractivity contribution in [3.05, 3.63) is 34.4 Å². The van der Waals surface area contributed by atoms with Gasteiger partial charge in [0, 0.05) is 18.7 Å². The van der Waals surface area contributed by atoms with Crippen LogP contribution in [0, 0.1) is 26.7 Å². The maximum atomic E-state index is 12.7. The van der Waals surface area contributed by atoms with Crippen molar-refractivity contribution < 1.29 is 4.79 Å². The Balaban J connectivity index is 0.00000200. The summed E-state index contributed by atoms with van der Waals surface area (Å²) in [6.45, 7) is 8.47. The molecule has 1 fully saturated rings. The molecule has 4 heteroatoms. The molecule has 1 heterocycles. The topological polar surface area (TPSA) is 46.3 Å². The summed E-state index contributed by atoms with van der Waals surface area (Å²) in [5.74, 6) is 0.636. The Morgan fingerprint density at radius 2 is 1.90 bits per heavy atom. The molecule has 0 aliphatic carbocycles. The minimum absolute atomic E-state index is 0. The van der Waals surface area contributed by atoms with Crippen molar-refractivity contribution in [3.8, 4) is 0 Å². The molecule has 2 rings (SSSR count). The molecule has 0 aromatic heterocycles. The highest BCUT2D eigenvalue weighted by Gasteiger charge is 2.25. The number of nitrogens with two attached hydrogens (primary N) is 1. The van der Waals surface area contributed by atoms with Crippen molar-refractivity contribution in [2.24, 2.45) is 11.7 Å². The van der Waals surface area contributed by atoms with Gasteiger partial charge in [-0.3, -0.25) is 4.79 Å². The highest BCUT2D eigenvalue weighted by atomic mass is 35.5. The molecule has 0 spiro atoms. The number of hydrogen-bond donors (Lipinski definition) is 1. The highest BCUT2D eigenvalue weighted by molar-refractivity contribution is 5.97. The van der Waals surface area contributed by atoms with Crippen LogP contribution in [0.25, 0.3) is 0 Å². The van der Waals surface area contributed by atoms with Gasteiger partial charge >= 0.3 is 0 Å². The lowest BCUT2D eigenvalue weighted by molar-refractivity contribution is 0.0676. The van der Waals surface area contributed by atoms with Gasteiger partial charge in [-0.1, -0.05) is 17.7 Å². The van der Waals surface area contributed by atoms with Crippen LogP contribution in [0.4, 0.5) is 0 Å². The van der Waals surface area contributed by atoms with Gasteiger partial charge in [0.05, 0.1) is 0 Å². The van der Waals surface area contributed by atoms with Crippen molar-refractivity contribution in [3.63, 3.8) is 0 Å². The molecule has 1 amide bonds. The zero-order valence-electron chi connectivity index (χ0n) is 12.6. The largest absolute Gasteiger partial charge is 0.338 e. The smallest absolute Gasteiger partial charge is 0.254 e. The molecule has 112 valence electrons. The molecule has 1 aromatic rings. The maximum absolute atomic E-state index is 12.7. The van der Waals surface area contributed by atoms with Crippen LogP contribution in [0.15, 0.2) is 12.1 Å². The quantitative estimate of drug-likeness (QED) is 0.912. The SMILES string of the molecule is Cc1cc(C)c(C(=O)N2CCCC(CN)C2)c(C)c1.Cl. The van der Waals surface area contributed by atoms with Crippen LogP contribution in [0.5, 0.6) is 0 Å². The van der Waals surface area contributed by atoms with Crippen molar-refractivity contribution in [2.75, 3.05) is 19.6 Å². The summed E-state index contributed by atoms with van der Waals surface area (Å²) >= 11 is 0. The third-order valence-corrected chi connectivity index (χ3v) is 4.03. The summed E-state index contributed by atoms with van der Waals surface area (Å²) in [6, 6.07) is 4.18.